The summed E-state index contributed by atoms with van der Waals surface area (Å²) in [7, 11) is 0. The monoisotopic (exact) mass is 568 g/mol. The third-order valence-corrected chi connectivity index (χ3v) is 11.7. The Hall–Kier alpha value is -3.52. The summed E-state index contributed by atoms with van der Waals surface area (Å²) in [6, 6.07) is 30.6. The Kier molecular flexibility index (Phi) is 6.76. The van der Waals surface area contributed by atoms with E-state index >= 15 is 0 Å². The fraction of sp³-hybridized carbons (Fsp3) is 0.415. The first-order chi connectivity index (χ1) is 20.9. The molecule has 1 saturated carbocycles. The smallest absolute Gasteiger partial charge is 0.118 e. The Morgan fingerprint density at radius 2 is 1.28 bits per heavy atom. The van der Waals surface area contributed by atoms with Gasteiger partial charge in [-0.05, 0) is 116 Å². The first kappa shape index (κ1) is 28.3. The maximum absolute atomic E-state index is 2.76. The molecule has 1 fully saturated rings. The van der Waals surface area contributed by atoms with Crippen molar-refractivity contribution in [2.24, 2.45) is 11.3 Å². The van der Waals surface area contributed by atoms with E-state index in [0.29, 0.717) is 5.92 Å². The summed E-state index contributed by atoms with van der Waals surface area (Å²) in [4.78, 5) is 5.48. The topological polar surface area (TPSA) is 6.48 Å². The molecule has 0 amide bonds. The average Bonchev–Trinajstić information content (AvgIpc) is 3.49. The number of fused-ring (bicyclic) bond motifs is 8. The molecule has 0 radical (unpaired) electrons. The van der Waals surface area contributed by atoms with E-state index in [1.54, 1.807) is 5.56 Å². The van der Waals surface area contributed by atoms with Gasteiger partial charge in [0, 0.05) is 22.2 Å². The normalized spacial score (nSPS) is 24.8. The van der Waals surface area contributed by atoms with Crippen LogP contribution in [0.5, 0.6) is 0 Å². The van der Waals surface area contributed by atoms with E-state index in [9.17, 15) is 0 Å². The molecule has 2 nitrogen and oxygen atoms in total. The van der Waals surface area contributed by atoms with E-state index in [1.807, 2.05) is 0 Å². The van der Waals surface area contributed by atoms with Gasteiger partial charge in [-0.3, -0.25) is 0 Å². The fourth-order valence-corrected chi connectivity index (χ4v) is 10.2. The summed E-state index contributed by atoms with van der Waals surface area (Å²) >= 11 is 0. The van der Waals surface area contributed by atoms with E-state index in [0.717, 1.165) is 0 Å². The van der Waals surface area contributed by atoms with Gasteiger partial charge in [-0.15, -0.1) is 0 Å². The van der Waals surface area contributed by atoms with Crippen LogP contribution in [-0.2, 0) is 11.8 Å². The first-order valence-electron chi connectivity index (χ1n) is 16.9. The minimum atomic E-state index is 0.180. The minimum absolute atomic E-state index is 0.180. The second-order valence-corrected chi connectivity index (χ2v) is 13.5. The molecule has 0 N–H and O–H groups in total. The highest BCUT2D eigenvalue weighted by Crippen LogP contribution is 2.82. The van der Waals surface area contributed by atoms with Gasteiger partial charge in [-0.25, -0.2) is 0 Å². The molecule has 7 rings (SSSR count). The van der Waals surface area contributed by atoms with Gasteiger partial charge in [-0.2, -0.15) is 0 Å². The summed E-state index contributed by atoms with van der Waals surface area (Å²) in [5.74, 6) is 0.650. The van der Waals surface area contributed by atoms with Crippen LogP contribution in [0.2, 0.25) is 0 Å². The molecule has 0 spiro atoms. The summed E-state index contributed by atoms with van der Waals surface area (Å²) in [5, 5.41) is 0. The van der Waals surface area contributed by atoms with Crippen molar-refractivity contribution in [1.82, 2.24) is 0 Å². The Labute approximate surface area is 259 Å². The fourth-order valence-electron chi connectivity index (χ4n) is 10.2. The van der Waals surface area contributed by atoms with Gasteiger partial charge < -0.3 is 9.80 Å². The molecule has 4 aromatic carbocycles. The number of para-hydroxylation sites is 3. The van der Waals surface area contributed by atoms with Crippen LogP contribution in [-0.4, -0.2) is 6.17 Å². The minimum Gasteiger partial charge on any atom is -0.317 e. The van der Waals surface area contributed by atoms with Crippen molar-refractivity contribution >= 4 is 22.7 Å². The van der Waals surface area contributed by atoms with Crippen molar-refractivity contribution in [2.75, 3.05) is 9.80 Å². The second-order valence-electron chi connectivity index (χ2n) is 13.5. The highest BCUT2D eigenvalue weighted by Gasteiger charge is 2.81. The Morgan fingerprint density at radius 1 is 0.651 bits per heavy atom. The van der Waals surface area contributed by atoms with Crippen LogP contribution >= 0.6 is 0 Å². The zero-order chi connectivity index (χ0) is 30.1. The van der Waals surface area contributed by atoms with E-state index in [1.165, 1.54) is 94.7 Å². The Balaban J connectivity index is 1.48. The molecule has 4 aromatic rings. The molecular formula is C41H48N2. The predicted molar refractivity (Wildman–Crippen MR) is 184 cm³/mol. The average molecular weight is 569 g/mol. The molecule has 1 aliphatic carbocycles. The van der Waals surface area contributed by atoms with Gasteiger partial charge in [-0.1, -0.05) is 95.1 Å². The molecule has 2 heteroatoms. The van der Waals surface area contributed by atoms with Crippen LogP contribution in [0.1, 0.15) is 87.6 Å². The van der Waals surface area contributed by atoms with Crippen molar-refractivity contribution in [3.63, 3.8) is 0 Å². The largest absolute Gasteiger partial charge is 0.317 e. The van der Waals surface area contributed by atoms with Crippen LogP contribution < -0.4 is 9.80 Å². The van der Waals surface area contributed by atoms with Crippen molar-refractivity contribution in [2.45, 2.75) is 98.6 Å². The van der Waals surface area contributed by atoms with E-state index in [-0.39, 0.29) is 17.0 Å². The maximum Gasteiger partial charge on any atom is 0.118 e. The van der Waals surface area contributed by atoms with Crippen molar-refractivity contribution in [3.05, 3.63) is 107 Å². The number of unbranched alkanes of at least 4 members (excludes halogenated alkanes) is 1. The molecule has 222 valence electrons. The van der Waals surface area contributed by atoms with Gasteiger partial charge in [0.25, 0.3) is 0 Å². The SMILES string of the molecule is CCCCc1cc(C)c(-c2ccc3c(c2)N2c4ccccc4N(c4ccccc4C)C2C2(CC)C(CC)C32CC)c(C)c1. The molecule has 2 heterocycles. The van der Waals surface area contributed by atoms with Crippen LogP contribution in [0.25, 0.3) is 11.1 Å². The van der Waals surface area contributed by atoms with Crippen molar-refractivity contribution in [1.29, 1.82) is 0 Å². The van der Waals surface area contributed by atoms with Crippen LogP contribution in [0, 0.1) is 32.1 Å². The Bertz CT molecular complexity index is 1680. The lowest BCUT2D eigenvalue weighted by atomic mass is 9.75. The number of benzene rings is 4. The van der Waals surface area contributed by atoms with Gasteiger partial charge in [0.15, 0.2) is 0 Å². The summed E-state index contributed by atoms with van der Waals surface area (Å²) < 4.78 is 0. The van der Waals surface area contributed by atoms with Gasteiger partial charge in [0.05, 0.1) is 11.4 Å². The second kappa shape index (κ2) is 10.3. The molecule has 43 heavy (non-hydrogen) atoms. The number of rotatable bonds is 8. The molecule has 3 aliphatic rings. The van der Waals surface area contributed by atoms with Gasteiger partial charge >= 0.3 is 0 Å². The summed E-state index contributed by atoms with van der Waals surface area (Å²) in [6.45, 7) is 16.5. The summed E-state index contributed by atoms with van der Waals surface area (Å²) in [5.41, 5.74) is 15.7. The zero-order valence-electron chi connectivity index (χ0n) is 27.3. The molecule has 4 atom stereocenters. The van der Waals surface area contributed by atoms with Gasteiger partial charge in [0.2, 0.25) is 0 Å². The highest BCUT2D eigenvalue weighted by molar-refractivity contribution is 5.94. The van der Waals surface area contributed by atoms with E-state index in [2.05, 4.69) is 137 Å². The quantitative estimate of drug-likeness (QED) is 0.209. The standard InChI is InChI=1S/C41H48N2/c1-8-12-18-30-24-28(6)38(29(7)25-30)31-22-23-32-36(26-31)43-35-21-16-15-20-34(35)42(33-19-14-13-17-27(33)5)39(43)41(11-4)37(9-2)40(32,41)10-3/h13-17,19-26,37,39H,8-12,18H2,1-7H3. The lowest BCUT2D eigenvalue weighted by Gasteiger charge is -2.47. The number of hydrogen-bond donors (Lipinski definition) is 0. The number of nitrogens with zero attached hydrogens (tertiary/aromatic N) is 2. The highest BCUT2D eigenvalue weighted by atomic mass is 15.5. The molecular weight excluding hydrogens is 520 g/mol. The Morgan fingerprint density at radius 3 is 1.86 bits per heavy atom. The molecule has 0 aromatic heterocycles. The number of aryl methyl sites for hydroxylation is 4. The first-order valence-corrected chi connectivity index (χ1v) is 16.9. The van der Waals surface area contributed by atoms with E-state index in [4.69, 9.17) is 0 Å². The maximum atomic E-state index is 2.76. The van der Waals surface area contributed by atoms with Crippen molar-refractivity contribution < 1.29 is 0 Å². The lowest BCUT2D eigenvalue weighted by Crippen LogP contribution is -2.51. The van der Waals surface area contributed by atoms with Gasteiger partial charge in [0.1, 0.15) is 6.17 Å². The van der Waals surface area contributed by atoms with Crippen LogP contribution in [0.4, 0.5) is 22.7 Å². The molecule has 0 saturated heterocycles. The third kappa shape index (κ3) is 3.65. The third-order valence-electron chi connectivity index (χ3n) is 11.7. The lowest BCUT2D eigenvalue weighted by molar-refractivity contribution is 0.302. The molecule has 0 bridgehead atoms. The van der Waals surface area contributed by atoms with Crippen LogP contribution in [0.15, 0.2) is 78.9 Å². The summed E-state index contributed by atoms with van der Waals surface area (Å²) in [6.07, 6.45) is 7.47. The number of anilines is 4. The molecule has 4 unspecified atom stereocenters. The predicted octanol–water partition coefficient (Wildman–Crippen LogP) is 11.3. The van der Waals surface area contributed by atoms with Crippen LogP contribution in [0.3, 0.4) is 0 Å². The molecule has 2 aliphatic heterocycles. The van der Waals surface area contributed by atoms with E-state index < -0.39 is 0 Å². The number of hydrogen-bond acceptors (Lipinski definition) is 2. The van der Waals surface area contributed by atoms with Crippen molar-refractivity contribution in [3.8, 4) is 11.1 Å². The zero-order valence-corrected chi connectivity index (χ0v) is 27.3.